The van der Waals surface area contributed by atoms with Crippen LogP contribution in [0, 0.1) is 0 Å². The molecule has 0 aliphatic rings. The van der Waals surface area contributed by atoms with E-state index in [1.807, 2.05) is 68.4 Å². The first-order valence-corrected chi connectivity index (χ1v) is 11.5. The minimum Gasteiger partial charge on any atom is -0.496 e. The number of hydrogen-bond donors (Lipinski definition) is 1. The smallest absolute Gasteiger partial charge is 0.259 e. The SMILES string of the molecule is CCN(CC)C(=O)c1cccc(NC(=O)c2cn(-c3ccccc3)nc2-c2ccccc2OC)c1. The molecule has 4 aromatic rings. The molecule has 0 fully saturated rings. The Labute approximate surface area is 205 Å². The van der Waals surface area contributed by atoms with Crippen molar-refractivity contribution in [3.8, 4) is 22.7 Å². The molecule has 0 radical (unpaired) electrons. The van der Waals surface area contributed by atoms with E-state index in [1.165, 1.54) is 0 Å². The second-order valence-electron chi connectivity index (χ2n) is 7.88. The molecule has 0 bridgehead atoms. The van der Waals surface area contributed by atoms with Gasteiger partial charge in [0.2, 0.25) is 0 Å². The van der Waals surface area contributed by atoms with E-state index in [-0.39, 0.29) is 11.8 Å². The van der Waals surface area contributed by atoms with E-state index in [0.717, 1.165) is 5.69 Å². The Bertz CT molecular complexity index is 1330. The zero-order valence-corrected chi connectivity index (χ0v) is 20.1. The van der Waals surface area contributed by atoms with Crippen LogP contribution in [0.3, 0.4) is 0 Å². The summed E-state index contributed by atoms with van der Waals surface area (Å²) in [5.74, 6) is 0.213. The summed E-state index contributed by atoms with van der Waals surface area (Å²) in [5, 5.41) is 7.67. The lowest BCUT2D eigenvalue weighted by molar-refractivity contribution is 0.0772. The molecule has 0 spiro atoms. The monoisotopic (exact) mass is 468 g/mol. The molecule has 0 unspecified atom stereocenters. The maximum absolute atomic E-state index is 13.5. The number of nitrogens with one attached hydrogen (secondary N) is 1. The Kier molecular flexibility index (Phi) is 7.26. The number of carbonyl (C=O) groups is 2. The fourth-order valence-electron chi connectivity index (χ4n) is 3.91. The van der Waals surface area contributed by atoms with Crippen molar-refractivity contribution in [2.75, 3.05) is 25.5 Å². The van der Waals surface area contributed by atoms with Crippen LogP contribution in [0.2, 0.25) is 0 Å². The van der Waals surface area contributed by atoms with Gasteiger partial charge in [0.1, 0.15) is 11.4 Å². The Balaban J connectivity index is 1.71. The van der Waals surface area contributed by atoms with E-state index in [2.05, 4.69) is 5.32 Å². The van der Waals surface area contributed by atoms with Crippen LogP contribution in [0.25, 0.3) is 16.9 Å². The quantitative estimate of drug-likeness (QED) is 0.382. The summed E-state index contributed by atoms with van der Waals surface area (Å²) in [6.07, 6.45) is 1.71. The van der Waals surface area contributed by atoms with Gasteiger partial charge in [0.15, 0.2) is 0 Å². The minimum absolute atomic E-state index is 0.0716. The summed E-state index contributed by atoms with van der Waals surface area (Å²) < 4.78 is 7.21. The number of para-hydroxylation sites is 2. The first kappa shape index (κ1) is 23.8. The van der Waals surface area contributed by atoms with E-state index < -0.39 is 0 Å². The van der Waals surface area contributed by atoms with Gasteiger partial charge in [-0.25, -0.2) is 4.68 Å². The fraction of sp³-hybridized carbons (Fsp3) is 0.179. The van der Waals surface area contributed by atoms with Gasteiger partial charge in [-0.3, -0.25) is 9.59 Å². The highest BCUT2D eigenvalue weighted by Gasteiger charge is 2.22. The van der Waals surface area contributed by atoms with Crippen LogP contribution in [0.4, 0.5) is 5.69 Å². The van der Waals surface area contributed by atoms with Crippen LogP contribution in [-0.2, 0) is 0 Å². The number of aromatic nitrogens is 2. The van der Waals surface area contributed by atoms with E-state index >= 15 is 0 Å². The third-order valence-corrected chi connectivity index (χ3v) is 5.76. The van der Waals surface area contributed by atoms with E-state index in [1.54, 1.807) is 47.2 Å². The summed E-state index contributed by atoms with van der Waals surface area (Å²) in [7, 11) is 1.59. The third-order valence-electron chi connectivity index (χ3n) is 5.76. The van der Waals surface area contributed by atoms with Gasteiger partial charge in [-0.15, -0.1) is 0 Å². The first-order chi connectivity index (χ1) is 17.0. The van der Waals surface area contributed by atoms with Gasteiger partial charge in [0.05, 0.1) is 18.4 Å². The molecule has 0 aliphatic heterocycles. The Morgan fingerprint density at radius 1 is 0.943 bits per heavy atom. The average molecular weight is 469 g/mol. The van der Waals surface area contributed by atoms with Gasteiger partial charge in [-0.05, 0) is 56.3 Å². The molecule has 2 amide bonds. The summed E-state index contributed by atoms with van der Waals surface area (Å²) in [5.41, 5.74) is 3.48. The standard InChI is InChI=1S/C28H28N4O3/c1-4-31(5-2)28(34)20-12-11-13-21(18-20)29-27(33)24-19-32(22-14-7-6-8-15-22)30-26(24)23-16-9-10-17-25(23)35-3/h6-19H,4-5H2,1-3H3,(H,29,33). The predicted octanol–water partition coefficient (Wildman–Crippen LogP) is 5.28. The lowest BCUT2D eigenvalue weighted by Crippen LogP contribution is -2.30. The van der Waals surface area contributed by atoms with Crippen molar-refractivity contribution in [3.05, 3.63) is 96.2 Å². The summed E-state index contributed by atoms with van der Waals surface area (Å²) in [6.45, 7) is 5.12. The molecular weight excluding hydrogens is 440 g/mol. The number of hydrogen-bond acceptors (Lipinski definition) is 4. The maximum atomic E-state index is 13.5. The van der Waals surface area contributed by atoms with Crippen LogP contribution in [-0.4, -0.2) is 46.7 Å². The van der Waals surface area contributed by atoms with Crippen molar-refractivity contribution in [1.82, 2.24) is 14.7 Å². The van der Waals surface area contributed by atoms with Crippen molar-refractivity contribution in [2.24, 2.45) is 0 Å². The second kappa shape index (κ2) is 10.7. The average Bonchev–Trinajstić information content (AvgIpc) is 3.35. The van der Waals surface area contributed by atoms with Crippen LogP contribution in [0.1, 0.15) is 34.6 Å². The van der Waals surface area contributed by atoms with Gasteiger partial charge >= 0.3 is 0 Å². The lowest BCUT2D eigenvalue weighted by atomic mass is 10.1. The molecule has 35 heavy (non-hydrogen) atoms. The van der Waals surface area contributed by atoms with Gasteiger partial charge in [0, 0.05) is 36.1 Å². The first-order valence-electron chi connectivity index (χ1n) is 11.5. The van der Waals surface area contributed by atoms with Crippen LogP contribution in [0.5, 0.6) is 5.75 Å². The molecule has 0 saturated heterocycles. The lowest BCUT2D eigenvalue weighted by Gasteiger charge is -2.19. The number of ether oxygens (including phenoxy) is 1. The van der Waals surface area contributed by atoms with Crippen molar-refractivity contribution in [1.29, 1.82) is 0 Å². The third kappa shape index (κ3) is 5.09. The highest BCUT2D eigenvalue weighted by molar-refractivity contribution is 6.09. The predicted molar refractivity (Wildman–Crippen MR) is 137 cm³/mol. The normalized spacial score (nSPS) is 10.6. The Hall–Kier alpha value is -4.39. The molecule has 1 N–H and O–H groups in total. The number of methoxy groups -OCH3 is 1. The molecule has 7 nitrogen and oxygen atoms in total. The number of anilines is 1. The number of carbonyl (C=O) groups excluding carboxylic acids is 2. The second-order valence-corrected chi connectivity index (χ2v) is 7.88. The molecule has 3 aromatic carbocycles. The number of nitrogens with zero attached hydrogens (tertiary/aromatic N) is 3. The molecule has 178 valence electrons. The van der Waals surface area contributed by atoms with Crippen molar-refractivity contribution in [3.63, 3.8) is 0 Å². The topological polar surface area (TPSA) is 76.5 Å². The van der Waals surface area contributed by atoms with Crippen molar-refractivity contribution >= 4 is 17.5 Å². The molecular formula is C28H28N4O3. The van der Waals surface area contributed by atoms with E-state index in [4.69, 9.17) is 9.84 Å². The van der Waals surface area contributed by atoms with Gasteiger partial charge in [-0.1, -0.05) is 36.4 Å². The van der Waals surface area contributed by atoms with E-state index in [0.29, 0.717) is 46.9 Å². The molecule has 1 heterocycles. The number of benzene rings is 3. The molecule has 0 saturated carbocycles. The molecule has 0 atom stereocenters. The van der Waals surface area contributed by atoms with Crippen LogP contribution < -0.4 is 10.1 Å². The summed E-state index contributed by atoms with van der Waals surface area (Å²) >= 11 is 0. The van der Waals surface area contributed by atoms with Crippen molar-refractivity contribution in [2.45, 2.75) is 13.8 Å². The largest absolute Gasteiger partial charge is 0.496 e. The van der Waals surface area contributed by atoms with Crippen molar-refractivity contribution < 1.29 is 14.3 Å². The van der Waals surface area contributed by atoms with Gasteiger partial charge in [0.25, 0.3) is 11.8 Å². The molecule has 0 aliphatic carbocycles. The number of rotatable bonds is 8. The van der Waals surface area contributed by atoms with Gasteiger partial charge in [-0.2, -0.15) is 5.10 Å². The van der Waals surface area contributed by atoms with Gasteiger partial charge < -0.3 is 15.0 Å². The van der Waals surface area contributed by atoms with Crippen LogP contribution in [0.15, 0.2) is 85.1 Å². The highest BCUT2D eigenvalue weighted by atomic mass is 16.5. The Morgan fingerprint density at radius 3 is 2.37 bits per heavy atom. The molecule has 7 heteroatoms. The highest BCUT2D eigenvalue weighted by Crippen LogP contribution is 2.32. The minimum atomic E-state index is -0.333. The maximum Gasteiger partial charge on any atom is 0.259 e. The zero-order chi connectivity index (χ0) is 24.8. The number of amides is 2. The summed E-state index contributed by atoms with van der Waals surface area (Å²) in [4.78, 5) is 28.0. The van der Waals surface area contributed by atoms with Crippen LogP contribution >= 0.6 is 0 Å². The summed E-state index contributed by atoms with van der Waals surface area (Å²) in [6, 6.07) is 24.0. The molecule has 4 rings (SSSR count). The fourth-order valence-corrected chi connectivity index (χ4v) is 3.91. The Morgan fingerprint density at radius 2 is 1.66 bits per heavy atom. The van der Waals surface area contributed by atoms with E-state index in [9.17, 15) is 9.59 Å². The zero-order valence-electron chi connectivity index (χ0n) is 20.1. The molecule has 1 aromatic heterocycles.